The standard InChI is InChI=1S/C14H20N2OS/c15-16-14(17)9-11-5-7-12(8-6-11)10-18-13-3-1-2-4-13/h5-8,13H,1-4,9-10,15H2,(H,16,17). The highest BCUT2D eigenvalue weighted by molar-refractivity contribution is 7.99. The molecule has 0 radical (unpaired) electrons. The van der Waals surface area contributed by atoms with Crippen molar-refractivity contribution in [2.45, 2.75) is 43.1 Å². The van der Waals surface area contributed by atoms with E-state index in [-0.39, 0.29) is 5.91 Å². The molecule has 1 saturated carbocycles. The average Bonchev–Trinajstić information content (AvgIpc) is 2.91. The van der Waals surface area contributed by atoms with E-state index in [0.29, 0.717) is 6.42 Å². The number of rotatable bonds is 5. The van der Waals surface area contributed by atoms with Gasteiger partial charge in [-0.05, 0) is 24.0 Å². The van der Waals surface area contributed by atoms with Crippen molar-refractivity contribution in [2.75, 3.05) is 0 Å². The van der Waals surface area contributed by atoms with Crippen molar-refractivity contribution < 1.29 is 4.79 Å². The summed E-state index contributed by atoms with van der Waals surface area (Å²) in [6, 6.07) is 8.25. The third kappa shape index (κ3) is 4.03. The van der Waals surface area contributed by atoms with Crippen LogP contribution in [0, 0.1) is 0 Å². The zero-order chi connectivity index (χ0) is 12.8. The van der Waals surface area contributed by atoms with Gasteiger partial charge < -0.3 is 0 Å². The van der Waals surface area contributed by atoms with E-state index in [2.05, 4.69) is 29.3 Å². The van der Waals surface area contributed by atoms with Crippen molar-refractivity contribution in [3.8, 4) is 0 Å². The first kappa shape index (κ1) is 13.4. The van der Waals surface area contributed by atoms with Gasteiger partial charge in [0, 0.05) is 11.0 Å². The molecule has 0 atom stereocenters. The van der Waals surface area contributed by atoms with Gasteiger partial charge in [-0.25, -0.2) is 5.84 Å². The van der Waals surface area contributed by atoms with Crippen LogP contribution in [-0.2, 0) is 17.0 Å². The molecule has 1 fully saturated rings. The monoisotopic (exact) mass is 264 g/mol. The zero-order valence-corrected chi connectivity index (χ0v) is 11.3. The fourth-order valence-corrected chi connectivity index (χ4v) is 3.55. The van der Waals surface area contributed by atoms with Crippen molar-refractivity contribution in [2.24, 2.45) is 5.84 Å². The minimum atomic E-state index is -0.150. The number of carbonyl (C=O) groups is 1. The molecule has 0 spiro atoms. The molecule has 0 unspecified atom stereocenters. The molecule has 1 aromatic carbocycles. The van der Waals surface area contributed by atoms with E-state index in [0.717, 1.165) is 16.6 Å². The van der Waals surface area contributed by atoms with Gasteiger partial charge in [-0.15, -0.1) is 0 Å². The molecule has 2 rings (SSSR count). The Balaban J connectivity index is 1.81. The summed E-state index contributed by atoms with van der Waals surface area (Å²) < 4.78 is 0. The van der Waals surface area contributed by atoms with Gasteiger partial charge in [-0.3, -0.25) is 10.2 Å². The maximum Gasteiger partial charge on any atom is 0.238 e. The number of hydrogen-bond acceptors (Lipinski definition) is 3. The van der Waals surface area contributed by atoms with Crippen LogP contribution in [0.1, 0.15) is 36.8 Å². The summed E-state index contributed by atoms with van der Waals surface area (Å²) in [6.07, 6.45) is 5.89. The maximum atomic E-state index is 11.1. The largest absolute Gasteiger partial charge is 0.294 e. The summed E-state index contributed by atoms with van der Waals surface area (Å²) in [7, 11) is 0. The van der Waals surface area contributed by atoms with Crippen LogP contribution in [0.25, 0.3) is 0 Å². The summed E-state index contributed by atoms with van der Waals surface area (Å²) in [4.78, 5) is 11.1. The van der Waals surface area contributed by atoms with Crippen molar-refractivity contribution in [3.63, 3.8) is 0 Å². The van der Waals surface area contributed by atoms with Crippen LogP contribution in [0.5, 0.6) is 0 Å². The molecule has 0 heterocycles. The molecular weight excluding hydrogens is 244 g/mol. The van der Waals surface area contributed by atoms with Crippen LogP contribution in [0.15, 0.2) is 24.3 Å². The predicted molar refractivity (Wildman–Crippen MR) is 76.0 cm³/mol. The molecule has 3 N–H and O–H groups in total. The highest BCUT2D eigenvalue weighted by atomic mass is 32.2. The second kappa shape index (κ2) is 6.81. The third-order valence-corrected chi connectivity index (χ3v) is 4.78. The number of nitrogens with two attached hydrogens (primary N) is 1. The number of thioether (sulfide) groups is 1. The lowest BCUT2D eigenvalue weighted by molar-refractivity contribution is -0.120. The third-order valence-electron chi connectivity index (χ3n) is 3.34. The fraction of sp³-hybridized carbons (Fsp3) is 0.500. The fourth-order valence-electron chi connectivity index (χ4n) is 2.26. The number of amides is 1. The number of carbonyl (C=O) groups excluding carboxylic acids is 1. The van der Waals surface area contributed by atoms with E-state index in [1.54, 1.807) is 0 Å². The lowest BCUT2D eigenvalue weighted by atomic mass is 10.1. The second-order valence-corrected chi connectivity index (χ2v) is 6.07. The van der Waals surface area contributed by atoms with Crippen molar-refractivity contribution in [1.82, 2.24) is 5.43 Å². The number of hydrazine groups is 1. The van der Waals surface area contributed by atoms with Crippen LogP contribution in [0.4, 0.5) is 0 Å². The Labute approximate surface area is 112 Å². The summed E-state index contributed by atoms with van der Waals surface area (Å²) in [5.74, 6) is 5.99. The lowest BCUT2D eigenvalue weighted by Gasteiger charge is -2.09. The topological polar surface area (TPSA) is 55.1 Å². The molecular formula is C14H20N2OS. The molecule has 0 saturated heterocycles. The van der Waals surface area contributed by atoms with Gasteiger partial charge in [0.1, 0.15) is 0 Å². The number of nitrogens with one attached hydrogen (secondary N) is 1. The Morgan fingerprint density at radius 1 is 1.22 bits per heavy atom. The van der Waals surface area contributed by atoms with E-state index >= 15 is 0 Å². The number of benzene rings is 1. The van der Waals surface area contributed by atoms with Gasteiger partial charge in [0.15, 0.2) is 0 Å². The van der Waals surface area contributed by atoms with E-state index in [9.17, 15) is 4.79 Å². The van der Waals surface area contributed by atoms with E-state index in [4.69, 9.17) is 5.84 Å². The minimum absolute atomic E-state index is 0.150. The van der Waals surface area contributed by atoms with Crippen LogP contribution >= 0.6 is 11.8 Å². The quantitative estimate of drug-likeness (QED) is 0.488. The summed E-state index contributed by atoms with van der Waals surface area (Å²) in [6.45, 7) is 0. The van der Waals surface area contributed by atoms with Gasteiger partial charge in [-0.1, -0.05) is 37.1 Å². The molecule has 18 heavy (non-hydrogen) atoms. The number of hydrogen-bond donors (Lipinski definition) is 2. The molecule has 3 nitrogen and oxygen atoms in total. The van der Waals surface area contributed by atoms with Gasteiger partial charge in [-0.2, -0.15) is 11.8 Å². The summed E-state index contributed by atoms with van der Waals surface area (Å²) in [5.41, 5.74) is 4.49. The predicted octanol–water partition coefficient (Wildman–Crippen LogP) is 2.39. The van der Waals surface area contributed by atoms with E-state index in [1.807, 2.05) is 12.1 Å². The highest BCUT2D eigenvalue weighted by Crippen LogP contribution is 2.31. The first-order chi connectivity index (χ1) is 8.78. The second-order valence-electron chi connectivity index (χ2n) is 4.78. The smallest absolute Gasteiger partial charge is 0.238 e. The Morgan fingerprint density at radius 2 is 1.83 bits per heavy atom. The SMILES string of the molecule is NNC(=O)Cc1ccc(CSC2CCCC2)cc1. The van der Waals surface area contributed by atoms with Gasteiger partial charge in [0.2, 0.25) is 5.91 Å². The molecule has 0 bridgehead atoms. The molecule has 1 amide bonds. The van der Waals surface area contributed by atoms with E-state index in [1.165, 1.54) is 31.2 Å². The molecule has 0 aliphatic heterocycles. The van der Waals surface area contributed by atoms with Crippen LogP contribution in [-0.4, -0.2) is 11.2 Å². The van der Waals surface area contributed by atoms with Crippen LogP contribution in [0.2, 0.25) is 0 Å². The zero-order valence-electron chi connectivity index (χ0n) is 10.5. The first-order valence-electron chi connectivity index (χ1n) is 6.47. The van der Waals surface area contributed by atoms with Crippen molar-refractivity contribution >= 4 is 17.7 Å². The first-order valence-corrected chi connectivity index (χ1v) is 7.51. The Kier molecular flexibility index (Phi) is 5.08. The summed E-state index contributed by atoms with van der Waals surface area (Å²) in [5, 5.41) is 0.854. The Hall–Kier alpha value is -1.00. The molecule has 1 aliphatic rings. The molecule has 98 valence electrons. The van der Waals surface area contributed by atoms with Crippen LogP contribution in [0.3, 0.4) is 0 Å². The molecule has 1 aliphatic carbocycles. The van der Waals surface area contributed by atoms with Gasteiger partial charge >= 0.3 is 0 Å². The maximum absolute atomic E-state index is 11.1. The summed E-state index contributed by atoms with van der Waals surface area (Å²) >= 11 is 2.06. The Morgan fingerprint density at radius 3 is 2.44 bits per heavy atom. The minimum Gasteiger partial charge on any atom is -0.294 e. The molecule has 4 heteroatoms. The lowest BCUT2D eigenvalue weighted by Crippen LogP contribution is -2.31. The van der Waals surface area contributed by atoms with Crippen LogP contribution < -0.4 is 11.3 Å². The van der Waals surface area contributed by atoms with Gasteiger partial charge in [0.05, 0.1) is 6.42 Å². The molecule has 0 aromatic heterocycles. The van der Waals surface area contributed by atoms with E-state index < -0.39 is 0 Å². The highest BCUT2D eigenvalue weighted by Gasteiger charge is 2.14. The van der Waals surface area contributed by atoms with Gasteiger partial charge in [0.25, 0.3) is 0 Å². The molecule has 1 aromatic rings. The normalized spacial score (nSPS) is 15.8. The Bertz CT molecular complexity index is 385. The van der Waals surface area contributed by atoms with Crippen molar-refractivity contribution in [1.29, 1.82) is 0 Å². The van der Waals surface area contributed by atoms with Crippen molar-refractivity contribution in [3.05, 3.63) is 35.4 Å². The average molecular weight is 264 g/mol.